The van der Waals surface area contributed by atoms with Gasteiger partial charge in [-0.25, -0.2) is 0 Å². The van der Waals surface area contributed by atoms with E-state index in [1.165, 1.54) is 23.3 Å². The molecule has 0 aromatic carbocycles. The predicted octanol–water partition coefficient (Wildman–Crippen LogP) is 2.27. The normalized spacial score (nSPS) is 17.9. The zero-order valence-corrected chi connectivity index (χ0v) is 9.50. The monoisotopic (exact) mass is 231 g/mol. The van der Waals surface area contributed by atoms with Gasteiger partial charge in [0.1, 0.15) is 6.10 Å². The van der Waals surface area contributed by atoms with Gasteiger partial charge in [-0.15, -0.1) is 11.3 Å². The van der Waals surface area contributed by atoms with Crippen LogP contribution >= 0.6 is 22.9 Å². The van der Waals surface area contributed by atoms with Gasteiger partial charge in [0.05, 0.1) is 9.90 Å². The Kier molecular flexibility index (Phi) is 3.12. The van der Waals surface area contributed by atoms with E-state index in [0.29, 0.717) is 0 Å². The van der Waals surface area contributed by atoms with Crippen LogP contribution in [0, 0.1) is 0 Å². The number of rotatable bonds is 2. The first-order chi connectivity index (χ1) is 6.74. The van der Waals surface area contributed by atoms with Crippen LogP contribution in [0.2, 0.25) is 5.02 Å². The molecular formula is C10H14ClNOS. The maximum Gasteiger partial charge on any atom is 0.102 e. The summed E-state index contributed by atoms with van der Waals surface area (Å²) in [6.45, 7) is 0.249. The molecule has 78 valence electrons. The lowest BCUT2D eigenvalue weighted by Crippen LogP contribution is -2.10. The van der Waals surface area contributed by atoms with Crippen LogP contribution in [0.3, 0.4) is 0 Å². The van der Waals surface area contributed by atoms with E-state index in [2.05, 4.69) is 0 Å². The standard InChI is InChI=1S/C10H14ClNOS/c11-9-6-3-1-2-4-8(6)14-10(9)7(13)5-12/h7,13H,1-5,12H2. The SMILES string of the molecule is NCC(O)c1sc2c(c1Cl)CCCC2. The second kappa shape index (κ2) is 4.19. The van der Waals surface area contributed by atoms with Crippen molar-refractivity contribution in [3.05, 3.63) is 20.3 Å². The smallest absolute Gasteiger partial charge is 0.102 e. The fourth-order valence-electron chi connectivity index (χ4n) is 1.87. The zero-order chi connectivity index (χ0) is 10.1. The summed E-state index contributed by atoms with van der Waals surface area (Å²) in [6, 6.07) is 0. The Morgan fingerprint density at radius 1 is 1.43 bits per heavy atom. The van der Waals surface area contributed by atoms with Gasteiger partial charge in [-0.1, -0.05) is 11.6 Å². The molecule has 0 aliphatic heterocycles. The molecule has 1 aromatic heterocycles. The summed E-state index contributed by atoms with van der Waals surface area (Å²) in [5.74, 6) is 0. The number of aryl methyl sites for hydroxylation is 1. The number of nitrogens with two attached hydrogens (primary N) is 1. The zero-order valence-electron chi connectivity index (χ0n) is 7.92. The molecular weight excluding hydrogens is 218 g/mol. The molecule has 14 heavy (non-hydrogen) atoms. The highest BCUT2D eigenvalue weighted by molar-refractivity contribution is 7.13. The predicted molar refractivity (Wildman–Crippen MR) is 60.0 cm³/mol. The number of aliphatic hydroxyl groups is 1. The lowest BCUT2D eigenvalue weighted by atomic mass is 9.99. The van der Waals surface area contributed by atoms with Gasteiger partial charge in [0, 0.05) is 11.4 Å². The Balaban J connectivity index is 2.38. The Morgan fingerprint density at radius 3 is 2.79 bits per heavy atom. The van der Waals surface area contributed by atoms with E-state index in [0.717, 1.165) is 22.7 Å². The lowest BCUT2D eigenvalue weighted by Gasteiger charge is -2.10. The summed E-state index contributed by atoms with van der Waals surface area (Å²) >= 11 is 7.84. The van der Waals surface area contributed by atoms with Crippen molar-refractivity contribution in [2.24, 2.45) is 5.73 Å². The number of hydrogen-bond acceptors (Lipinski definition) is 3. The van der Waals surface area contributed by atoms with Gasteiger partial charge >= 0.3 is 0 Å². The second-order valence-corrected chi connectivity index (χ2v) is 5.16. The first kappa shape index (κ1) is 10.4. The number of thiophene rings is 1. The molecule has 0 saturated heterocycles. The molecule has 1 aromatic rings. The van der Waals surface area contributed by atoms with Crippen molar-refractivity contribution in [1.82, 2.24) is 0 Å². The molecule has 0 saturated carbocycles. The molecule has 3 N–H and O–H groups in total. The van der Waals surface area contributed by atoms with Gasteiger partial charge in [0.15, 0.2) is 0 Å². The summed E-state index contributed by atoms with van der Waals surface area (Å²) in [5.41, 5.74) is 6.68. The molecule has 2 rings (SSSR count). The molecule has 1 atom stereocenters. The van der Waals surface area contributed by atoms with Gasteiger partial charge in [-0.2, -0.15) is 0 Å². The number of hydrogen-bond donors (Lipinski definition) is 2. The topological polar surface area (TPSA) is 46.2 Å². The first-order valence-electron chi connectivity index (χ1n) is 4.92. The van der Waals surface area contributed by atoms with Crippen LogP contribution < -0.4 is 5.73 Å². The van der Waals surface area contributed by atoms with Crippen molar-refractivity contribution >= 4 is 22.9 Å². The van der Waals surface area contributed by atoms with Crippen molar-refractivity contribution in [2.75, 3.05) is 6.54 Å². The average Bonchev–Trinajstić information content (AvgIpc) is 2.56. The minimum atomic E-state index is -0.585. The summed E-state index contributed by atoms with van der Waals surface area (Å²) in [4.78, 5) is 2.21. The largest absolute Gasteiger partial charge is 0.386 e. The Morgan fingerprint density at radius 2 is 2.14 bits per heavy atom. The average molecular weight is 232 g/mol. The van der Waals surface area contributed by atoms with Gasteiger partial charge in [0.25, 0.3) is 0 Å². The highest BCUT2D eigenvalue weighted by atomic mass is 35.5. The molecule has 1 heterocycles. The third-order valence-electron chi connectivity index (χ3n) is 2.66. The highest BCUT2D eigenvalue weighted by Crippen LogP contribution is 2.40. The van der Waals surface area contributed by atoms with E-state index < -0.39 is 6.10 Å². The molecule has 0 bridgehead atoms. The van der Waals surface area contributed by atoms with E-state index in [1.807, 2.05) is 0 Å². The molecule has 0 spiro atoms. The summed E-state index contributed by atoms with van der Waals surface area (Å²) < 4.78 is 0. The van der Waals surface area contributed by atoms with Crippen molar-refractivity contribution in [2.45, 2.75) is 31.8 Å². The quantitative estimate of drug-likeness (QED) is 0.821. The molecule has 1 aliphatic carbocycles. The van der Waals surface area contributed by atoms with Crippen LogP contribution in [0.25, 0.3) is 0 Å². The third-order valence-corrected chi connectivity index (χ3v) is 4.59. The number of halogens is 1. The van der Waals surface area contributed by atoms with E-state index in [4.69, 9.17) is 17.3 Å². The van der Waals surface area contributed by atoms with Gasteiger partial charge < -0.3 is 10.8 Å². The number of aliphatic hydroxyl groups excluding tert-OH is 1. The van der Waals surface area contributed by atoms with E-state index in [1.54, 1.807) is 11.3 Å². The minimum absolute atomic E-state index is 0.249. The summed E-state index contributed by atoms with van der Waals surface area (Å²) in [7, 11) is 0. The fraction of sp³-hybridized carbons (Fsp3) is 0.600. The fourth-order valence-corrected chi connectivity index (χ4v) is 3.66. The maximum absolute atomic E-state index is 9.66. The Bertz CT molecular complexity index is 337. The van der Waals surface area contributed by atoms with E-state index >= 15 is 0 Å². The van der Waals surface area contributed by atoms with Crippen molar-refractivity contribution in [1.29, 1.82) is 0 Å². The van der Waals surface area contributed by atoms with Crippen molar-refractivity contribution in [3.8, 4) is 0 Å². The Hall–Kier alpha value is -0.0900. The van der Waals surface area contributed by atoms with Crippen molar-refractivity contribution < 1.29 is 5.11 Å². The van der Waals surface area contributed by atoms with Crippen molar-refractivity contribution in [3.63, 3.8) is 0 Å². The van der Waals surface area contributed by atoms with E-state index in [9.17, 15) is 5.11 Å². The third kappa shape index (κ3) is 1.70. The summed E-state index contributed by atoms with van der Waals surface area (Å²) in [6.07, 6.45) is 4.03. The lowest BCUT2D eigenvalue weighted by molar-refractivity contribution is 0.190. The summed E-state index contributed by atoms with van der Waals surface area (Å²) in [5, 5.41) is 10.4. The van der Waals surface area contributed by atoms with Gasteiger partial charge in [0.2, 0.25) is 0 Å². The van der Waals surface area contributed by atoms with Gasteiger partial charge in [-0.3, -0.25) is 0 Å². The van der Waals surface area contributed by atoms with Crippen LogP contribution in [0.5, 0.6) is 0 Å². The molecule has 0 amide bonds. The molecule has 0 fully saturated rings. The minimum Gasteiger partial charge on any atom is -0.386 e. The van der Waals surface area contributed by atoms with Crippen LogP contribution in [-0.4, -0.2) is 11.7 Å². The molecule has 1 aliphatic rings. The molecule has 2 nitrogen and oxygen atoms in total. The molecule has 4 heteroatoms. The Labute approximate surface area is 92.7 Å². The van der Waals surface area contributed by atoms with Crippen LogP contribution in [0.1, 0.15) is 34.3 Å². The van der Waals surface area contributed by atoms with Gasteiger partial charge in [-0.05, 0) is 31.2 Å². The van der Waals surface area contributed by atoms with Crippen LogP contribution in [0.4, 0.5) is 0 Å². The second-order valence-electron chi connectivity index (χ2n) is 3.64. The number of fused-ring (bicyclic) bond motifs is 1. The van der Waals surface area contributed by atoms with E-state index in [-0.39, 0.29) is 6.54 Å². The first-order valence-corrected chi connectivity index (χ1v) is 6.11. The molecule has 1 unspecified atom stereocenters. The highest BCUT2D eigenvalue weighted by Gasteiger charge is 2.22. The van der Waals surface area contributed by atoms with Crippen LogP contribution in [-0.2, 0) is 12.8 Å². The van der Waals surface area contributed by atoms with Crippen LogP contribution in [0.15, 0.2) is 0 Å². The molecule has 0 radical (unpaired) electrons. The maximum atomic E-state index is 9.66.